The van der Waals surface area contributed by atoms with Crippen LogP contribution in [0, 0.1) is 5.92 Å². The Morgan fingerprint density at radius 2 is 1.83 bits per heavy atom. The number of hydrogen-bond acceptors (Lipinski definition) is 4. The van der Waals surface area contributed by atoms with E-state index in [2.05, 4.69) is 5.32 Å². The average molecular weight is 395 g/mol. The Bertz CT molecular complexity index is 857. The van der Waals surface area contributed by atoms with Crippen LogP contribution >= 0.6 is 0 Å². The molecule has 2 fully saturated rings. The van der Waals surface area contributed by atoms with Gasteiger partial charge in [0.2, 0.25) is 11.8 Å². The van der Waals surface area contributed by atoms with Gasteiger partial charge in [-0.3, -0.25) is 14.4 Å². The van der Waals surface area contributed by atoms with Gasteiger partial charge in [0.05, 0.1) is 18.7 Å². The Morgan fingerprint density at radius 1 is 1.07 bits per heavy atom. The van der Waals surface area contributed by atoms with Gasteiger partial charge in [-0.15, -0.1) is 0 Å². The molecule has 2 aliphatic heterocycles. The van der Waals surface area contributed by atoms with Gasteiger partial charge >= 0.3 is 0 Å². The smallest absolute Gasteiger partial charge is 0.251 e. The monoisotopic (exact) mass is 395 g/mol. The standard InChI is InChI=1S/C22H25N3O4/c26-20-13-17(14-25(20)15-19-7-4-12-29-19)22(28)24-10-8-18(9-11-24)23-21(27)16-5-2-1-3-6-16/h1-7,12,17-18H,8-11,13-15H2,(H,23,27). The van der Waals surface area contributed by atoms with Crippen molar-refractivity contribution in [3.63, 3.8) is 0 Å². The highest BCUT2D eigenvalue weighted by Gasteiger charge is 2.37. The van der Waals surface area contributed by atoms with Gasteiger partial charge in [-0.25, -0.2) is 0 Å². The minimum Gasteiger partial charge on any atom is -0.467 e. The highest BCUT2D eigenvalue weighted by molar-refractivity contribution is 5.94. The maximum Gasteiger partial charge on any atom is 0.251 e. The number of likely N-dealkylation sites (tertiary alicyclic amines) is 2. The van der Waals surface area contributed by atoms with Crippen molar-refractivity contribution >= 4 is 17.7 Å². The molecule has 1 N–H and O–H groups in total. The molecule has 2 saturated heterocycles. The number of carbonyl (C=O) groups is 3. The molecule has 1 unspecified atom stereocenters. The largest absolute Gasteiger partial charge is 0.467 e. The first kappa shape index (κ1) is 19.2. The third kappa shape index (κ3) is 4.50. The fourth-order valence-electron chi connectivity index (χ4n) is 4.04. The fourth-order valence-corrected chi connectivity index (χ4v) is 4.04. The first-order valence-electron chi connectivity index (χ1n) is 10.0. The Balaban J connectivity index is 1.26. The number of rotatable bonds is 5. The lowest BCUT2D eigenvalue weighted by molar-refractivity contribution is -0.136. The summed E-state index contributed by atoms with van der Waals surface area (Å²) in [4.78, 5) is 41.0. The Labute approximate surface area is 169 Å². The third-order valence-corrected chi connectivity index (χ3v) is 5.67. The van der Waals surface area contributed by atoms with Crippen molar-refractivity contribution in [1.82, 2.24) is 15.1 Å². The van der Waals surface area contributed by atoms with Crippen molar-refractivity contribution in [2.24, 2.45) is 5.92 Å². The van der Waals surface area contributed by atoms with E-state index in [1.54, 1.807) is 29.4 Å². The zero-order valence-electron chi connectivity index (χ0n) is 16.3. The SMILES string of the molecule is O=C(NC1CCN(C(=O)C2CC(=O)N(Cc3ccco3)C2)CC1)c1ccccc1. The predicted molar refractivity (Wildman–Crippen MR) is 106 cm³/mol. The number of nitrogens with one attached hydrogen (secondary N) is 1. The zero-order chi connectivity index (χ0) is 20.2. The van der Waals surface area contributed by atoms with Crippen LogP contribution in [0.3, 0.4) is 0 Å². The van der Waals surface area contributed by atoms with Gasteiger partial charge in [0.25, 0.3) is 5.91 Å². The third-order valence-electron chi connectivity index (χ3n) is 5.67. The number of piperidine rings is 1. The Kier molecular flexibility index (Phi) is 5.64. The number of benzene rings is 1. The van der Waals surface area contributed by atoms with Crippen LogP contribution in [0.1, 0.15) is 35.4 Å². The molecule has 7 nitrogen and oxygen atoms in total. The molecule has 2 aromatic rings. The summed E-state index contributed by atoms with van der Waals surface area (Å²) in [6.07, 6.45) is 3.28. The molecule has 0 saturated carbocycles. The molecule has 0 bridgehead atoms. The summed E-state index contributed by atoms with van der Waals surface area (Å²) in [5, 5.41) is 3.05. The van der Waals surface area contributed by atoms with Crippen LogP contribution in [0.2, 0.25) is 0 Å². The summed E-state index contributed by atoms with van der Waals surface area (Å²) >= 11 is 0. The molecule has 0 radical (unpaired) electrons. The van der Waals surface area contributed by atoms with Crippen LogP contribution in [0.15, 0.2) is 53.1 Å². The maximum absolute atomic E-state index is 12.9. The van der Waals surface area contributed by atoms with Crippen LogP contribution in [0.4, 0.5) is 0 Å². The van der Waals surface area contributed by atoms with Gasteiger partial charge in [-0.1, -0.05) is 18.2 Å². The fraction of sp³-hybridized carbons (Fsp3) is 0.409. The molecule has 3 amide bonds. The maximum atomic E-state index is 12.9. The van der Waals surface area contributed by atoms with E-state index >= 15 is 0 Å². The van der Waals surface area contributed by atoms with Crippen LogP contribution in [0.25, 0.3) is 0 Å². The van der Waals surface area contributed by atoms with Gasteiger partial charge in [0.15, 0.2) is 0 Å². The second-order valence-corrected chi connectivity index (χ2v) is 7.69. The quantitative estimate of drug-likeness (QED) is 0.840. The zero-order valence-corrected chi connectivity index (χ0v) is 16.3. The summed E-state index contributed by atoms with van der Waals surface area (Å²) in [5.41, 5.74) is 0.645. The number of nitrogens with zero attached hydrogens (tertiary/aromatic N) is 2. The molecule has 152 valence electrons. The van der Waals surface area contributed by atoms with E-state index in [4.69, 9.17) is 4.42 Å². The second kappa shape index (κ2) is 8.51. The van der Waals surface area contributed by atoms with Crippen molar-refractivity contribution in [2.45, 2.75) is 31.8 Å². The van der Waals surface area contributed by atoms with Crippen molar-refractivity contribution < 1.29 is 18.8 Å². The molecule has 1 aromatic carbocycles. The normalized spacial score (nSPS) is 20.1. The molecule has 1 atom stereocenters. The number of furan rings is 1. The first-order valence-corrected chi connectivity index (χ1v) is 10.0. The van der Waals surface area contributed by atoms with Crippen LogP contribution in [0.5, 0.6) is 0 Å². The number of carbonyl (C=O) groups excluding carboxylic acids is 3. The predicted octanol–water partition coefficient (Wildman–Crippen LogP) is 2.05. The van der Waals surface area contributed by atoms with E-state index in [1.165, 1.54) is 0 Å². The van der Waals surface area contributed by atoms with Gasteiger partial charge < -0.3 is 19.5 Å². The lowest BCUT2D eigenvalue weighted by Gasteiger charge is -2.33. The highest BCUT2D eigenvalue weighted by atomic mass is 16.3. The van der Waals surface area contributed by atoms with Crippen LogP contribution in [-0.4, -0.2) is 53.2 Å². The topological polar surface area (TPSA) is 82.9 Å². The molecule has 3 heterocycles. The van der Waals surface area contributed by atoms with Crippen LogP contribution < -0.4 is 5.32 Å². The molecule has 29 heavy (non-hydrogen) atoms. The summed E-state index contributed by atoms with van der Waals surface area (Å²) in [7, 11) is 0. The molecule has 1 aromatic heterocycles. The molecule has 0 aliphatic carbocycles. The lowest BCUT2D eigenvalue weighted by Crippen LogP contribution is -2.48. The summed E-state index contributed by atoms with van der Waals surface area (Å²) in [6.45, 7) is 2.04. The van der Waals surface area contributed by atoms with Gasteiger partial charge in [0, 0.05) is 37.7 Å². The summed E-state index contributed by atoms with van der Waals surface area (Å²) in [6, 6.07) is 12.8. The van der Waals surface area contributed by atoms with Crippen molar-refractivity contribution in [3.05, 3.63) is 60.1 Å². The highest BCUT2D eigenvalue weighted by Crippen LogP contribution is 2.24. The lowest BCUT2D eigenvalue weighted by atomic mass is 10.0. The van der Waals surface area contributed by atoms with E-state index in [9.17, 15) is 14.4 Å². The minimum atomic E-state index is -0.298. The van der Waals surface area contributed by atoms with Crippen molar-refractivity contribution in [2.75, 3.05) is 19.6 Å². The Hall–Kier alpha value is -3.09. The second-order valence-electron chi connectivity index (χ2n) is 7.69. The van der Waals surface area contributed by atoms with E-state index in [0.717, 1.165) is 18.6 Å². The molecular formula is C22H25N3O4. The Morgan fingerprint density at radius 3 is 2.52 bits per heavy atom. The molecule has 4 rings (SSSR count). The number of hydrogen-bond donors (Lipinski definition) is 1. The average Bonchev–Trinajstić information content (AvgIpc) is 3.39. The molecule has 7 heteroatoms. The molecule has 2 aliphatic rings. The van der Waals surface area contributed by atoms with Crippen molar-refractivity contribution in [1.29, 1.82) is 0 Å². The van der Waals surface area contributed by atoms with E-state index in [1.807, 2.05) is 29.2 Å². The summed E-state index contributed by atoms with van der Waals surface area (Å²) < 4.78 is 5.31. The van der Waals surface area contributed by atoms with Gasteiger partial charge in [0.1, 0.15) is 5.76 Å². The molecule has 0 spiro atoms. The van der Waals surface area contributed by atoms with Crippen LogP contribution in [-0.2, 0) is 16.1 Å². The summed E-state index contributed by atoms with van der Waals surface area (Å²) in [5.74, 6) is 0.373. The van der Waals surface area contributed by atoms with Gasteiger partial charge in [-0.05, 0) is 37.1 Å². The van der Waals surface area contributed by atoms with E-state index < -0.39 is 0 Å². The number of amides is 3. The van der Waals surface area contributed by atoms with Gasteiger partial charge in [-0.2, -0.15) is 0 Å². The minimum absolute atomic E-state index is 0.00948. The first-order chi connectivity index (χ1) is 14.1. The van der Waals surface area contributed by atoms with Crippen molar-refractivity contribution in [3.8, 4) is 0 Å². The van der Waals surface area contributed by atoms with E-state index in [0.29, 0.717) is 31.7 Å². The van der Waals surface area contributed by atoms with E-state index in [-0.39, 0.29) is 36.1 Å². The molecular weight excluding hydrogens is 370 g/mol.